The molecule has 3 aliphatic rings. The highest BCUT2D eigenvalue weighted by atomic mass is 19.1. The van der Waals surface area contributed by atoms with Gasteiger partial charge in [0.25, 0.3) is 0 Å². The van der Waals surface area contributed by atoms with Gasteiger partial charge in [-0.25, -0.2) is 4.39 Å². The molecule has 28 heavy (non-hydrogen) atoms. The zero-order valence-electron chi connectivity index (χ0n) is 18.3. The predicted octanol–water partition coefficient (Wildman–Crippen LogP) is 8.29. The SMILES string of the molecule is CCCC1CCC(C2CCC3CC(c4ccc(CC)c(F)c4)CCC3C2)CC1. The molecule has 3 fully saturated rings. The Labute approximate surface area is 172 Å². The zero-order valence-corrected chi connectivity index (χ0v) is 18.3. The van der Waals surface area contributed by atoms with Crippen molar-refractivity contribution in [3.8, 4) is 0 Å². The van der Waals surface area contributed by atoms with Gasteiger partial charge in [0.2, 0.25) is 0 Å². The van der Waals surface area contributed by atoms with Crippen molar-refractivity contribution in [2.45, 2.75) is 103 Å². The summed E-state index contributed by atoms with van der Waals surface area (Å²) in [7, 11) is 0. The number of aryl methyl sites for hydroxylation is 1. The molecule has 0 bridgehead atoms. The predicted molar refractivity (Wildman–Crippen MR) is 117 cm³/mol. The van der Waals surface area contributed by atoms with Gasteiger partial charge in [0.05, 0.1) is 0 Å². The van der Waals surface area contributed by atoms with Gasteiger partial charge in [-0.1, -0.05) is 51.7 Å². The molecule has 0 amide bonds. The molecule has 0 heterocycles. The Hall–Kier alpha value is -0.850. The maximum absolute atomic E-state index is 14.3. The Balaban J connectivity index is 1.31. The van der Waals surface area contributed by atoms with Crippen molar-refractivity contribution in [2.75, 3.05) is 0 Å². The molecule has 4 atom stereocenters. The van der Waals surface area contributed by atoms with E-state index in [0.29, 0.717) is 5.92 Å². The van der Waals surface area contributed by atoms with Crippen LogP contribution in [0.3, 0.4) is 0 Å². The lowest BCUT2D eigenvalue weighted by Gasteiger charge is -2.45. The summed E-state index contributed by atoms with van der Waals surface area (Å²) in [6.07, 6.45) is 18.1. The van der Waals surface area contributed by atoms with E-state index in [9.17, 15) is 4.39 Å². The maximum Gasteiger partial charge on any atom is 0.126 e. The van der Waals surface area contributed by atoms with E-state index >= 15 is 0 Å². The summed E-state index contributed by atoms with van der Waals surface area (Å²) in [4.78, 5) is 0. The van der Waals surface area contributed by atoms with Crippen LogP contribution in [0.1, 0.15) is 108 Å². The number of hydrogen-bond donors (Lipinski definition) is 0. The quantitative estimate of drug-likeness (QED) is 0.479. The maximum atomic E-state index is 14.3. The van der Waals surface area contributed by atoms with Crippen LogP contribution in [0.25, 0.3) is 0 Å². The first-order chi connectivity index (χ1) is 13.7. The first kappa shape index (κ1) is 20.4. The van der Waals surface area contributed by atoms with Gasteiger partial charge >= 0.3 is 0 Å². The van der Waals surface area contributed by atoms with E-state index < -0.39 is 0 Å². The average Bonchev–Trinajstić information content (AvgIpc) is 2.74. The van der Waals surface area contributed by atoms with E-state index in [1.54, 1.807) is 0 Å². The van der Waals surface area contributed by atoms with Crippen molar-refractivity contribution in [3.63, 3.8) is 0 Å². The van der Waals surface area contributed by atoms with Crippen molar-refractivity contribution in [2.24, 2.45) is 29.6 Å². The molecule has 4 rings (SSSR count). The Morgan fingerprint density at radius 2 is 1.43 bits per heavy atom. The normalized spacial score (nSPS) is 36.1. The van der Waals surface area contributed by atoms with Gasteiger partial charge in [0.15, 0.2) is 0 Å². The molecular formula is C27H41F. The summed E-state index contributed by atoms with van der Waals surface area (Å²) in [6, 6.07) is 6.10. The third kappa shape index (κ3) is 4.49. The monoisotopic (exact) mass is 384 g/mol. The van der Waals surface area contributed by atoms with Gasteiger partial charge in [0.1, 0.15) is 5.82 Å². The van der Waals surface area contributed by atoms with Gasteiger partial charge in [-0.05, 0) is 110 Å². The smallest absolute Gasteiger partial charge is 0.126 e. The van der Waals surface area contributed by atoms with Crippen LogP contribution < -0.4 is 0 Å². The van der Waals surface area contributed by atoms with E-state index in [0.717, 1.165) is 41.6 Å². The topological polar surface area (TPSA) is 0 Å². The molecular weight excluding hydrogens is 343 g/mol. The Morgan fingerprint density at radius 1 is 0.786 bits per heavy atom. The third-order valence-electron chi connectivity index (χ3n) is 8.84. The van der Waals surface area contributed by atoms with Gasteiger partial charge in [-0.2, -0.15) is 0 Å². The van der Waals surface area contributed by atoms with Crippen LogP contribution in [0.15, 0.2) is 18.2 Å². The molecule has 0 spiro atoms. The molecule has 3 saturated carbocycles. The van der Waals surface area contributed by atoms with Gasteiger partial charge in [0, 0.05) is 0 Å². The van der Waals surface area contributed by atoms with Crippen LogP contribution >= 0.6 is 0 Å². The standard InChI is InChI=1S/C27H41F/c1-3-5-19-6-8-21(9-7-19)22-12-13-24-17-25(15-14-23(24)16-22)26-11-10-20(4-2)27(28)18-26/h10-11,18-19,21-25H,3-9,12-17H2,1-2H3. The molecule has 156 valence electrons. The van der Waals surface area contributed by atoms with Crippen LogP contribution in [0.4, 0.5) is 4.39 Å². The highest BCUT2D eigenvalue weighted by Gasteiger charge is 2.39. The Bertz CT molecular complexity index is 627. The zero-order chi connectivity index (χ0) is 19.5. The molecule has 0 aliphatic heterocycles. The first-order valence-corrected chi connectivity index (χ1v) is 12.5. The molecule has 3 aliphatic carbocycles. The second-order valence-electron chi connectivity index (χ2n) is 10.4. The lowest BCUT2D eigenvalue weighted by molar-refractivity contribution is 0.0711. The summed E-state index contributed by atoms with van der Waals surface area (Å²) in [5, 5.41) is 0. The van der Waals surface area contributed by atoms with Gasteiger partial charge in [-0.15, -0.1) is 0 Å². The third-order valence-corrected chi connectivity index (χ3v) is 8.84. The molecule has 0 radical (unpaired) electrons. The highest BCUT2D eigenvalue weighted by molar-refractivity contribution is 5.27. The second-order valence-corrected chi connectivity index (χ2v) is 10.4. The van der Waals surface area contributed by atoms with Crippen LogP contribution in [0.2, 0.25) is 0 Å². The lowest BCUT2D eigenvalue weighted by Crippen LogP contribution is -2.34. The van der Waals surface area contributed by atoms with Crippen LogP contribution in [-0.4, -0.2) is 0 Å². The largest absolute Gasteiger partial charge is 0.207 e. The van der Waals surface area contributed by atoms with Crippen molar-refractivity contribution < 1.29 is 4.39 Å². The van der Waals surface area contributed by atoms with Crippen molar-refractivity contribution in [1.82, 2.24) is 0 Å². The van der Waals surface area contributed by atoms with Gasteiger partial charge < -0.3 is 0 Å². The number of halogens is 1. The lowest BCUT2D eigenvalue weighted by atomic mass is 9.60. The van der Waals surface area contributed by atoms with Gasteiger partial charge in [-0.3, -0.25) is 0 Å². The Kier molecular flexibility index (Phi) is 6.79. The van der Waals surface area contributed by atoms with Crippen LogP contribution in [0.5, 0.6) is 0 Å². The van der Waals surface area contributed by atoms with E-state index in [2.05, 4.69) is 13.0 Å². The number of rotatable bonds is 5. The molecule has 1 aromatic carbocycles. The first-order valence-electron chi connectivity index (χ1n) is 12.5. The number of hydrogen-bond acceptors (Lipinski definition) is 0. The van der Waals surface area contributed by atoms with Crippen LogP contribution in [0, 0.1) is 35.4 Å². The summed E-state index contributed by atoms with van der Waals surface area (Å²) in [5.74, 6) is 5.56. The molecule has 0 nitrogen and oxygen atoms in total. The fourth-order valence-corrected chi connectivity index (χ4v) is 7.12. The average molecular weight is 385 g/mol. The molecule has 4 unspecified atom stereocenters. The Morgan fingerprint density at radius 3 is 2.11 bits per heavy atom. The fraction of sp³-hybridized carbons (Fsp3) is 0.778. The summed E-state index contributed by atoms with van der Waals surface area (Å²) in [6.45, 7) is 4.38. The van der Waals surface area contributed by atoms with Crippen molar-refractivity contribution >= 4 is 0 Å². The van der Waals surface area contributed by atoms with Crippen LogP contribution in [-0.2, 0) is 6.42 Å². The second kappa shape index (κ2) is 9.31. The fourth-order valence-electron chi connectivity index (χ4n) is 7.12. The molecule has 0 saturated heterocycles. The minimum Gasteiger partial charge on any atom is -0.207 e. The minimum atomic E-state index is 0.0181. The summed E-state index contributed by atoms with van der Waals surface area (Å²) >= 11 is 0. The number of fused-ring (bicyclic) bond motifs is 1. The molecule has 0 aromatic heterocycles. The minimum absolute atomic E-state index is 0.0181. The summed E-state index contributed by atoms with van der Waals surface area (Å²) < 4.78 is 14.3. The van der Waals surface area contributed by atoms with E-state index in [1.807, 2.05) is 19.1 Å². The van der Waals surface area contributed by atoms with E-state index in [1.165, 1.54) is 82.6 Å². The van der Waals surface area contributed by atoms with E-state index in [-0.39, 0.29) is 5.82 Å². The van der Waals surface area contributed by atoms with Crippen molar-refractivity contribution in [3.05, 3.63) is 35.1 Å². The number of benzene rings is 1. The molecule has 0 N–H and O–H groups in total. The van der Waals surface area contributed by atoms with Crippen molar-refractivity contribution in [1.29, 1.82) is 0 Å². The molecule has 1 aromatic rings. The van der Waals surface area contributed by atoms with E-state index in [4.69, 9.17) is 0 Å². The highest BCUT2D eigenvalue weighted by Crippen LogP contribution is 2.51. The summed E-state index contributed by atoms with van der Waals surface area (Å²) in [5.41, 5.74) is 2.14. The molecule has 1 heteroatoms.